The average Bonchev–Trinajstić information content (AvgIpc) is 3.38. The highest BCUT2D eigenvalue weighted by molar-refractivity contribution is 7.15. The molecule has 0 atom stereocenters. The van der Waals surface area contributed by atoms with Crippen molar-refractivity contribution in [3.8, 4) is 22.4 Å². The Kier molecular flexibility index (Phi) is 5.19. The molecule has 144 valence electrons. The van der Waals surface area contributed by atoms with Crippen LogP contribution in [0.3, 0.4) is 0 Å². The Balaban J connectivity index is 1.51. The molecule has 3 aromatic rings. The molecule has 1 aromatic carbocycles. The van der Waals surface area contributed by atoms with Crippen LogP contribution in [0.1, 0.15) is 4.88 Å². The molecule has 0 spiro atoms. The minimum atomic E-state index is 0.681. The van der Waals surface area contributed by atoms with E-state index in [2.05, 4.69) is 50.6 Å². The molecular weight excluding hydrogens is 372 g/mol. The zero-order valence-electron chi connectivity index (χ0n) is 15.9. The van der Waals surface area contributed by atoms with Gasteiger partial charge in [0.15, 0.2) is 5.82 Å². The van der Waals surface area contributed by atoms with E-state index in [0.29, 0.717) is 10.7 Å². The van der Waals surface area contributed by atoms with Gasteiger partial charge in [-0.3, -0.25) is 5.10 Å². The Morgan fingerprint density at radius 2 is 2.00 bits per heavy atom. The second kappa shape index (κ2) is 7.92. The van der Waals surface area contributed by atoms with E-state index in [4.69, 9.17) is 10.00 Å². The number of benzene rings is 1. The first-order valence-electron chi connectivity index (χ1n) is 9.10. The number of ether oxygens (including phenoxy) is 1. The maximum atomic E-state index is 8.99. The van der Waals surface area contributed by atoms with Crippen LogP contribution in [0.2, 0.25) is 0 Å². The summed E-state index contributed by atoms with van der Waals surface area (Å²) in [6.07, 6.45) is 0. The number of piperazine rings is 1. The van der Waals surface area contributed by atoms with E-state index in [1.807, 2.05) is 24.3 Å². The van der Waals surface area contributed by atoms with Gasteiger partial charge in [-0.25, -0.2) is 0 Å². The number of rotatable bonds is 5. The van der Waals surface area contributed by atoms with Crippen LogP contribution in [-0.2, 0) is 0 Å². The predicted octanol–water partition coefficient (Wildman–Crippen LogP) is 3.51. The number of methoxy groups -OCH3 is 1. The maximum absolute atomic E-state index is 8.99. The summed E-state index contributed by atoms with van der Waals surface area (Å²) in [7, 11) is 3.83. The molecular formula is C20H22N6OS. The van der Waals surface area contributed by atoms with Crippen LogP contribution in [0.4, 0.5) is 17.2 Å². The van der Waals surface area contributed by atoms with Crippen molar-refractivity contribution in [2.45, 2.75) is 0 Å². The largest absolute Gasteiger partial charge is 0.494 e. The lowest BCUT2D eigenvalue weighted by molar-refractivity contribution is 0.312. The Labute approximate surface area is 168 Å². The quantitative estimate of drug-likeness (QED) is 0.689. The lowest BCUT2D eigenvalue weighted by atomic mass is 10.2. The lowest BCUT2D eigenvalue weighted by Gasteiger charge is -2.34. The first-order valence-corrected chi connectivity index (χ1v) is 9.92. The summed E-state index contributed by atoms with van der Waals surface area (Å²) >= 11 is 1.44. The highest BCUT2D eigenvalue weighted by atomic mass is 32.1. The number of H-pyrrole nitrogens is 1. The summed E-state index contributed by atoms with van der Waals surface area (Å²) in [6, 6.07) is 14.0. The second-order valence-electron chi connectivity index (χ2n) is 6.74. The van der Waals surface area contributed by atoms with Crippen LogP contribution in [0.25, 0.3) is 10.6 Å². The number of aromatic nitrogens is 2. The van der Waals surface area contributed by atoms with Gasteiger partial charge in [-0.2, -0.15) is 10.4 Å². The molecule has 1 saturated heterocycles. The highest BCUT2D eigenvalue weighted by Gasteiger charge is 2.16. The zero-order valence-corrected chi connectivity index (χ0v) is 16.7. The number of likely N-dealkylation sites (N-methyl/N-ethyl adjacent to an activating group) is 1. The summed E-state index contributed by atoms with van der Waals surface area (Å²) in [4.78, 5) is 6.38. The SMILES string of the molecule is COc1cc(N2CCN(C)CC2)ccc1Nc1cc(-c2ccc(C#N)s2)[nH]n1. The normalized spacial score (nSPS) is 14.7. The number of nitriles is 1. The van der Waals surface area contributed by atoms with E-state index in [1.165, 1.54) is 17.0 Å². The third kappa shape index (κ3) is 3.81. The van der Waals surface area contributed by atoms with E-state index >= 15 is 0 Å². The van der Waals surface area contributed by atoms with Gasteiger partial charge in [0.1, 0.15) is 16.7 Å². The number of aromatic amines is 1. The van der Waals surface area contributed by atoms with Crippen molar-refractivity contribution in [1.82, 2.24) is 15.1 Å². The molecule has 7 nitrogen and oxygen atoms in total. The van der Waals surface area contributed by atoms with E-state index in [1.54, 1.807) is 7.11 Å². The van der Waals surface area contributed by atoms with Gasteiger partial charge in [0.25, 0.3) is 0 Å². The molecule has 2 aromatic heterocycles. The zero-order chi connectivity index (χ0) is 19.5. The van der Waals surface area contributed by atoms with Crippen molar-refractivity contribution >= 4 is 28.5 Å². The molecule has 0 aliphatic carbocycles. The van der Waals surface area contributed by atoms with Gasteiger partial charge in [0.05, 0.1) is 23.4 Å². The van der Waals surface area contributed by atoms with Crippen molar-refractivity contribution in [1.29, 1.82) is 5.26 Å². The van der Waals surface area contributed by atoms with Crippen molar-refractivity contribution in [2.24, 2.45) is 0 Å². The molecule has 0 radical (unpaired) electrons. The van der Waals surface area contributed by atoms with Crippen LogP contribution in [-0.4, -0.2) is 55.4 Å². The summed E-state index contributed by atoms with van der Waals surface area (Å²) in [5, 5.41) is 19.7. The Morgan fingerprint density at radius 3 is 2.71 bits per heavy atom. The molecule has 0 unspecified atom stereocenters. The molecule has 1 aliphatic heterocycles. The number of hydrogen-bond donors (Lipinski definition) is 2. The molecule has 0 saturated carbocycles. The summed E-state index contributed by atoms with van der Waals surface area (Å²) in [6.45, 7) is 4.16. The van der Waals surface area contributed by atoms with Gasteiger partial charge < -0.3 is 19.9 Å². The highest BCUT2D eigenvalue weighted by Crippen LogP contribution is 2.33. The Morgan fingerprint density at radius 1 is 1.18 bits per heavy atom. The van der Waals surface area contributed by atoms with Crippen LogP contribution < -0.4 is 15.0 Å². The molecule has 3 heterocycles. The molecule has 4 rings (SSSR count). The van der Waals surface area contributed by atoms with Crippen LogP contribution >= 0.6 is 11.3 Å². The predicted molar refractivity (Wildman–Crippen MR) is 113 cm³/mol. The van der Waals surface area contributed by atoms with Crippen LogP contribution in [0, 0.1) is 11.3 Å². The number of nitrogens with one attached hydrogen (secondary N) is 2. The van der Waals surface area contributed by atoms with Crippen molar-refractivity contribution in [2.75, 3.05) is 50.6 Å². The smallest absolute Gasteiger partial charge is 0.152 e. The fraction of sp³-hybridized carbons (Fsp3) is 0.300. The molecule has 28 heavy (non-hydrogen) atoms. The van der Waals surface area contributed by atoms with Gasteiger partial charge in [0, 0.05) is 44.0 Å². The molecule has 0 bridgehead atoms. The molecule has 0 amide bonds. The van der Waals surface area contributed by atoms with E-state index < -0.39 is 0 Å². The second-order valence-corrected chi connectivity index (χ2v) is 7.83. The standard InChI is InChI=1S/C20H22N6OS/c1-25-7-9-26(10-8-25)14-3-5-16(18(11-14)27-2)22-20-12-17(23-24-20)19-6-4-15(13-21)28-19/h3-6,11-12H,7-10H2,1-2H3,(H2,22,23,24). The molecule has 1 aliphatic rings. The number of nitrogens with zero attached hydrogens (tertiary/aromatic N) is 4. The van der Waals surface area contributed by atoms with Gasteiger partial charge in [-0.1, -0.05) is 0 Å². The van der Waals surface area contributed by atoms with Crippen molar-refractivity contribution < 1.29 is 4.74 Å². The lowest BCUT2D eigenvalue weighted by Crippen LogP contribution is -2.44. The Bertz CT molecular complexity index is 996. The van der Waals surface area contributed by atoms with Crippen molar-refractivity contribution in [3.05, 3.63) is 41.3 Å². The van der Waals surface area contributed by atoms with E-state index in [0.717, 1.165) is 48.2 Å². The summed E-state index contributed by atoms with van der Waals surface area (Å²) < 4.78 is 5.61. The maximum Gasteiger partial charge on any atom is 0.152 e. The minimum absolute atomic E-state index is 0.681. The minimum Gasteiger partial charge on any atom is -0.494 e. The third-order valence-electron chi connectivity index (χ3n) is 4.88. The van der Waals surface area contributed by atoms with Gasteiger partial charge in [0.2, 0.25) is 0 Å². The third-order valence-corrected chi connectivity index (χ3v) is 5.90. The number of thiophene rings is 1. The molecule has 1 fully saturated rings. The molecule has 8 heteroatoms. The molecule has 2 N–H and O–H groups in total. The van der Waals surface area contributed by atoms with E-state index in [-0.39, 0.29) is 0 Å². The fourth-order valence-corrected chi connectivity index (χ4v) is 4.01. The van der Waals surface area contributed by atoms with Crippen LogP contribution in [0.5, 0.6) is 5.75 Å². The van der Waals surface area contributed by atoms with Gasteiger partial charge in [-0.15, -0.1) is 11.3 Å². The first kappa shape index (κ1) is 18.3. The topological polar surface area (TPSA) is 80.2 Å². The summed E-state index contributed by atoms with van der Waals surface area (Å²) in [5.41, 5.74) is 2.91. The number of anilines is 3. The van der Waals surface area contributed by atoms with Crippen molar-refractivity contribution in [3.63, 3.8) is 0 Å². The average molecular weight is 395 g/mol. The van der Waals surface area contributed by atoms with Gasteiger partial charge in [-0.05, 0) is 31.3 Å². The monoisotopic (exact) mass is 394 g/mol. The van der Waals surface area contributed by atoms with Crippen LogP contribution in [0.15, 0.2) is 36.4 Å². The van der Waals surface area contributed by atoms with E-state index in [9.17, 15) is 0 Å². The fourth-order valence-electron chi connectivity index (χ4n) is 3.24. The first-order chi connectivity index (χ1) is 13.7. The summed E-state index contributed by atoms with van der Waals surface area (Å²) in [5.74, 6) is 1.48. The Hall–Kier alpha value is -3.02. The van der Waals surface area contributed by atoms with Gasteiger partial charge >= 0.3 is 0 Å². The number of hydrogen-bond acceptors (Lipinski definition) is 7.